The lowest BCUT2D eigenvalue weighted by Crippen LogP contribution is -1.93. The van der Waals surface area contributed by atoms with Crippen molar-refractivity contribution in [3.8, 4) is 11.5 Å². The number of nitrogens with two attached hydrogens (primary N) is 1. The fraction of sp³-hybridized carbons (Fsp3) is 0.133. The second-order valence-corrected chi connectivity index (χ2v) is 4.94. The zero-order valence-electron chi connectivity index (χ0n) is 10.2. The van der Waals surface area contributed by atoms with Crippen LogP contribution in [-0.2, 0) is 6.42 Å². The molecule has 2 aromatic rings. The van der Waals surface area contributed by atoms with Gasteiger partial charge >= 0.3 is 0 Å². The number of anilines is 1. The van der Waals surface area contributed by atoms with E-state index in [1.807, 2.05) is 12.1 Å². The van der Waals surface area contributed by atoms with E-state index in [9.17, 15) is 4.79 Å². The zero-order valence-corrected chi connectivity index (χ0v) is 10.9. The minimum absolute atomic E-state index is 0.170. The summed E-state index contributed by atoms with van der Waals surface area (Å²) in [6, 6.07) is 10.6. The van der Waals surface area contributed by atoms with Crippen LogP contribution in [0.2, 0.25) is 5.02 Å². The molecule has 3 rings (SSSR count). The van der Waals surface area contributed by atoms with Gasteiger partial charge in [-0.3, -0.25) is 4.79 Å². The Balaban J connectivity index is 1.92. The van der Waals surface area contributed by atoms with Gasteiger partial charge in [0, 0.05) is 17.7 Å². The molecule has 0 radical (unpaired) electrons. The van der Waals surface area contributed by atoms with Crippen molar-refractivity contribution in [1.82, 2.24) is 0 Å². The lowest BCUT2D eigenvalue weighted by atomic mass is 10.1. The molecule has 0 spiro atoms. The second-order valence-electron chi connectivity index (χ2n) is 4.53. The van der Waals surface area contributed by atoms with Crippen LogP contribution in [0.4, 0.5) is 5.69 Å². The van der Waals surface area contributed by atoms with Gasteiger partial charge in [-0.25, -0.2) is 0 Å². The number of carbonyl (C=O) groups excluding carboxylic acids is 1. The highest BCUT2D eigenvalue weighted by atomic mass is 35.5. The van der Waals surface area contributed by atoms with E-state index in [1.54, 1.807) is 24.3 Å². The Morgan fingerprint density at radius 1 is 1.11 bits per heavy atom. The van der Waals surface area contributed by atoms with Gasteiger partial charge in [-0.05, 0) is 42.3 Å². The Hall–Kier alpha value is -2.00. The lowest BCUT2D eigenvalue weighted by Gasteiger charge is -2.09. The predicted octanol–water partition coefficient (Wildman–Crippen LogP) is 3.84. The minimum Gasteiger partial charge on any atom is -0.456 e. The zero-order chi connectivity index (χ0) is 13.4. The van der Waals surface area contributed by atoms with E-state index in [-0.39, 0.29) is 5.78 Å². The number of hydrogen-bond acceptors (Lipinski definition) is 3. The summed E-state index contributed by atoms with van der Waals surface area (Å²) in [6.07, 6.45) is 1.40. The third kappa shape index (κ3) is 2.29. The molecular formula is C15H12ClNO2. The number of ether oxygens (including phenoxy) is 1. The largest absolute Gasteiger partial charge is 0.456 e. The molecule has 3 nitrogen and oxygen atoms in total. The smallest absolute Gasteiger partial charge is 0.163 e. The van der Waals surface area contributed by atoms with Crippen molar-refractivity contribution in [2.45, 2.75) is 12.8 Å². The van der Waals surface area contributed by atoms with Crippen LogP contribution in [0.5, 0.6) is 11.5 Å². The monoisotopic (exact) mass is 273 g/mol. The maximum absolute atomic E-state index is 11.7. The second kappa shape index (κ2) is 4.59. The summed E-state index contributed by atoms with van der Waals surface area (Å²) in [5, 5.41) is 0.451. The molecule has 4 heteroatoms. The molecule has 0 bridgehead atoms. The van der Waals surface area contributed by atoms with Crippen LogP contribution in [-0.4, -0.2) is 5.78 Å². The first-order chi connectivity index (χ1) is 9.13. The van der Waals surface area contributed by atoms with Gasteiger partial charge in [0.1, 0.15) is 11.5 Å². The number of halogens is 1. The number of Topliss-reactive ketones (excluding diaryl/α,β-unsaturated/α-hetero) is 1. The molecular weight excluding hydrogens is 262 g/mol. The minimum atomic E-state index is 0.170. The van der Waals surface area contributed by atoms with E-state index < -0.39 is 0 Å². The number of nitrogen functional groups attached to an aromatic ring is 1. The van der Waals surface area contributed by atoms with Crippen molar-refractivity contribution in [3.63, 3.8) is 0 Å². The fourth-order valence-electron chi connectivity index (χ4n) is 2.21. The molecule has 2 aromatic carbocycles. The third-order valence-electron chi connectivity index (χ3n) is 3.19. The highest BCUT2D eigenvalue weighted by Gasteiger charge is 2.20. The van der Waals surface area contributed by atoms with Gasteiger partial charge in [-0.15, -0.1) is 0 Å². The van der Waals surface area contributed by atoms with Crippen molar-refractivity contribution in [2.24, 2.45) is 0 Å². The van der Waals surface area contributed by atoms with E-state index in [1.165, 1.54) is 0 Å². The normalized spacial score (nSPS) is 13.4. The summed E-state index contributed by atoms with van der Waals surface area (Å²) in [5.74, 6) is 1.31. The van der Waals surface area contributed by atoms with Crippen LogP contribution < -0.4 is 10.5 Å². The average Bonchev–Trinajstić information content (AvgIpc) is 2.75. The number of fused-ring (bicyclic) bond motifs is 1. The quantitative estimate of drug-likeness (QED) is 0.846. The van der Waals surface area contributed by atoms with Gasteiger partial charge in [0.2, 0.25) is 0 Å². The molecule has 0 amide bonds. The van der Waals surface area contributed by atoms with E-state index in [0.717, 1.165) is 17.5 Å². The fourth-order valence-corrected chi connectivity index (χ4v) is 2.43. The van der Waals surface area contributed by atoms with Crippen LogP contribution in [0, 0.1) is 0 Å². The number of aryl methyl sites for hydroxylation is 1. The number of hydrogen-bond donors (Lipinski definition) is 1. The summed E-state index contributed by atoms with van der Waals surface area (Å²) in [6.45, 7) is 0. The van der Waals surface area contributed by atoms with Crippen molar-refractivity contribution in [1.29, 1.82) is 0 Å². The Morgan fingerprint density at radius 2 is 1.95 bits per heavy atom. The van der Waals surface area contributed by atoms with Gasteiger partial charge in [0.15, 0.2) is 5.78 Å². The van der Waals surface area contributed by atoms with Crippen LogP contribution in [0.3, 0.4) is 0 Å². The molecule has 19 heavy (non-hydrogen) atoms. The predicted molar refractivity (Wildman–Crippen MR) is 75.0 cm³/mol. The third-order valence-corrected chi connectivity index (χ3v) is 3.48. The lowest BCUT2D eigenvalue weighted by molar-refractivity contribution is 0.0994. The molecule has 0 unspecified atom stereocenters. The van der Waals surface area contributed by atoms with E-state index in [4.69, 9.17) is 22.1 Å². The molecule has 0 saturated heterocycles. The SMILES string of the molecule is Nc1ccc(Oc2ccc3c(c2)C(=O)CC3)c(Cl)c1. The number of carbonyl (C=O) groups is 1. The molecule has 0 aliphatic heterocycles. The summed E-state index contributed by atoms with van der Waals surface area (Å²) in [5.41, 5.74) is 8.05. The Kier molecular flexibility index (Phi) is 2.91. The molecule has 2 N–H and O–H groups in total. The van der Waals surface area contributed by atoms with Crippen molar-refractivity contribution in [3.05, 3.63) is 52.5 Å². The topological polar surface area (TPSA) is 52.3 Å². The standard InChI is InChI=1S/C15H12ClNO2/c16-13-7-10(17)3-6-15(13)19-11-4-1-9-2-5-14(18)12(9)8-11/h1,3-4,6-8H,2,5,17H2. The van der Waals surface area contributed by atoms with Gasteiger partial charge in [-0.2, -0.15) is 0 Å². The summed E-state index contributed by atoms with van der Waals surface area (Å²) in [4.78, 5) is 11.7. The van der Waals surface area contributed by atoms with Gasteiger partial charge < -0.3 is 10.5 Å². The van der Waals surface area contributed by atoms with Crippen LogP contribution >= 0.6 is 11.6 Å². The Morgan fingerprint density at radius 3 is 2.74 bits per heavy atom. The summed E-state index contributed by atoms with van der Waals surface area (Å²) >= 11 is 6.05. The molecule has 0 heterocycles. The summed E-state index contributed by atoms with van der Waals surface area (Å²) < 4.78 is 5.70. The maximum Gasteiger partial charge on any atom is 0.163 e. The van der Waals surface area contributed by atoms with Crippen molar-refractivity contribution < 1.29 is 9.53 Å². The van der Waals surface area contributed by atoms with Crippen LogP contribution in [0.25, 0.3) is 0 Å². The maximum atomic E-state index is 11.7. The van der Waals surface area contributed by atoms with E-state index in [0.29, 0.717) is 28.6 Å². The average molecular weight is 274 g/mol. The molecule has 0 atom stereocenters. The number of ketones is 1. The first-order valence-electron chi connectivity index (χ1n) is 6.02. The highest BCUT2D eigenvalue weighted by Crippen LogP contribution is 2.33. The first kappa shape index (κ1) is 12.1. The molecule has 0 fully saturated rings. The molecule has 0 saturated carbocycles. The van der Waals surface area contributed by atoms with E-state index >= 15 is 0 Å². The van der Waals surface area contributed by atoms with Gasteiger partial charge in [0.25, 0.3) is 0 Å². The molecule has 1 aliphatic rings. The number of rotatable bonds is 2. The number of benzene rings is 2. The molecule has 96 valence electrons. The molecule has 0 aromatic heterocycles. The van der Waals surface area contributed by atoms with Crippen LogP contribution in [0.15, 0.2) is 36.4 Å². The van der Waals surface area contributed by atoms with Gasteiger partial charge in [0.05, 0.1) is 5.02 Å². The highest BCUT2D eigenvalue weighted by molar-refractivity contribution is 6.32. The Bertz CT molecular complexity index is 667. The summed E-state index contributed by atoms with van der Waals surface area (Å²) in [7, 11) is 0. The van der Waals surface area contributed by atoms with Crippen LogP contribution in [0.1, 0.15) is 22.3 Å². The van der Waals surface area contributed by atoms with Gasteiger partial charge in [-0.1, -0.05) is 17.7 Å². The van der Waals surface area contributed by atoms with Crippen molar-refractivity contribution in [2.75, 3.05) is 5.73 Å². The molecule has 1 aliphatic carbocycles. The van der Waals surface area contributed by atoms with Crippen molar-refractivity contribution >= 4 is 23.1 Å². The van der Waals surface area contributed by atoms with E-state index in [2.05, 4.69) is 0 Å². The Labute approximate surface area is 115 Å². The first-order valence-corrected chi connectivity index (χ1v) is 6.40.